The zero-order valence-electron chi connectivity index (χ0n) is 11.2. The Morgan fingerprint density at radius 1 is 1.37 bits per heavy atom. The van der Waals surface area contributed by atoms with Crippen LogP contribution in [0.4, 0.5) is 0 Å². The van der Waals surface area contributed by atoms with E-state index in [9.17, 15) is 0 Å². The number of nitrogens with one attached hydrogen (secondary N) is 1. The largest absolute Gasteiger partial charge is 0.496 e. The van der Waals surface area contributed by atoms with E-state index in [1.165, 1.54) is 0 Å². The van der Waals surface area contributed by atoms with E-state index in [1.807, 2.05) is 30.3 Å². The molecule has 0 amide bonds. The van der Waals surface area contributed by atoms with Crippen molar-refractivity contribution < 1.29 is 9.15 Å². The van der Waals surface area contributed by atoms with Crippen molar-refractivity contribution in [3.8, 4) is 5.75 Å². The smallest absolute Gasteiger partial charge is 0.125 e. The molecular weight excluding hydrogens is 262 g/mol. The third-order valence-corrected chi connectivity index (χ3v) is 3.16. The maximum Gasteiger partial charge on any atom is 0.125 e. The fraction of sp³-hybridized carbons (Fsp3) is 0.333. The molecule has 0 aliphatic heterocycles. The van der Waals surface area contributed by atoms with E-state index in [0.29, 0.717) is 5.02 Å². The third-order valence-electron chi connectivity index (χ3n) is 2.93. The van der Waals surface area contributed by atoms with Gasteiger partial charge in [-0.2, -0.15) is 0 Å². The number of furan rings is 1. The Balaban J connectivity index is 2.39. The van der Waals surface area contributed by atoms with Crippen molar-refractivity contribution in [1.82, 2.24) is 5.32 Å². The average molecular weight is 280 g/mol. The summed E-state index contributed by atoms with van der Waals surface area (Å²) in [6.45, 7) is 3.02. The summed E-state index contributed by atoms with van der Waals surface area (Å²) in [4.78, 5) is 0. The standard InChI is InChI=1S/C15H18ClNO2/c1-3-8-17-15(14-5-4-9-19-14)12-10-11(16)6-7-13(12)18-2/h4-7,9-10,15,17H,3,8H2,1-2H3. The first kappa shape index (κ1) is 14.0. The third kappa shape index (κ3) is 3.31. The van der Waals surface area contributed by atoms with Crippen molar-refractivity contribution in [3.05, 3.63) is 52.9 Å². The van der Waals surface area contributed by atoms with Crippen molar-refractivity contribution in [2.75, 3.05) is 13.7 Å². The van der Waals surface area contributed by atoms with Crippen molar-refractivity contribution in [1.29, 1.82) is 0 Å². The topological polar surface area (TPSA) is 34.4 Å². The Kier molecular flexibility index (Phi) is 4.88. The molecule has 0 radical (unpaired) electrons. The highest BCUT2D eigenvalue weighted by molar-refractivity contribution is 6.30. The van der Waals surface area contributed by atoms with Gasteiger partial charge in [0.05, 0.1) is 19.4 Å². The Morgan fingerprint density at radius 3 is 2.84 bits per heavy atom. The van der Waals surface area contributed by atoms with Gasteiger partial charge in [-0.1, -0.05) is 18.5 Å². The molecule has 0 aliphatic carbocycles. The maximum absolute atomic E-state index is 6.10. The summed E-state index contributed by atoms with van der Waals surface area (Å²) in [5, 5.41) is 4.14. The Morgan fingerprint density at radius 2 is 2.21 bits per heavy atom. The molecule has 0 fully saturated rings. The summed E-state index contributed by atoms with van der Waals surface area (Å²) in [5.74, 6) is 1.66. The molecule has 0 saturated carbocycles. The lowest BCUT2D eigenvalue weighted by molar-refractivity contribution is 0.392. The van der Waals surface area contributed by atoms with E-state index >= 15 is 0 Å². The first-order chi connectivity index (χ1) is 9.26. The number of hydrogen-bond acceptors (Lipinski definition) is 3. The van der Waals surface area contributed by atoms with E-state index in [0.717, 1.165) is 30.0 Å². The van der Waals surface area contributed by atoms with Crippen LogP contribution in [0, 0.1) is 0 Å². The molecular formula is C15H18ClNO2. The minimum atomic E-state index is -0.0522. The quantitative estimate of drug-likeness (QED) is 0.867. The molecule has 4 heteroatoms. The van der Waals surface area contributed by atoms with Gasteiger partial charge >= 0.3 is 0 Å². The number of ether oxygens (including phenoxy) is 1. The normalized spacial score (nSPS) is 12.4. The lowest BCUT2D eigenvalue weighted by Gasteiger charge is -2.19. The van der Waals surface area contributed by atoms with Crippen LogP contribution in [0.15, 0.2) is 41.0 Å². The zero-order valence-corrected chi connectivity index (χ0v) is 11.9. The molecule has 1 heterocycles. The maximum atomic E-state index is 6.10. The first-order valence-electron chi connectivity index (χ1n) is 6.36. The Hall–Kier alpha value is -1.45. The number of hydrogen-bond donors (Lipinski definition) is 1. The molecule has 0 spiro atoms. The number of benzene rings is 1. The highest BCUT2D eigenvalue weighted by atomic mass is 35.5. The highest BCUT2D eigenvalue weighted by Gasteiger charge is 2.20. The Bertz CT molecular complexity index is 511. The van der Waals surface area contributed by atoms with Crippen LogP contribution in [-0.4, -0.2) is 13.7 Å². The second-order valence-electron chi connectivity index (χ2n) is 4.29. The summed E-state index contributed by atoms with van der Waals surface area (Å²) in [5.41, 5.74) is 0.985. The van der Waals surface area contributed by atoms with Crippen LogP contribution in [0.5, 0.6) is 5.75 Å². The van der Waals surface area contributed by atoms with Crippen LogP contribution in [0.25, 0.3) is 0 Å². The lowest BCUT2D eigenvalue weighted by atomic mass is 10.0. The van der Waals surface area contributed by atoms with Crippen molar-refractivity contribution in [3.63, 3.8) is 0 Å². The molecule has 1 aromatic heterocycles. The summed E-state index contributed by atoms with van der Waals surface area (Å²) in [6.07, 6.45) is 2.72. The molecule has 2 aromatic rings. The summed E-state index contributed by atoms with van der Waals surface area (Å²) >= 11 is 6.10. The molecule has 1 N–H and O–H groups in total. The van der Waals surface area contributed by atoms with Crippen LogP contribution < -0.4 is 10.1 Å². The second-order valence-corrected chi connectivity index (χ2v) is 4.73. The zero-order chi connectivity index (χ0) is 13.7. The van der Waals surface area contributed by atoms with E-state index in [-0.39, 0.29) is 6.04 Å². The summed E-state index contributed by atoms with van der Waals surface area (Å²) < 4.78 is 10.9. The minimum Gasteiger partial charge on any atom is -0.496 e. The molecule has 0 saturated heterocycles. The van der Waals surface area contributed by atoms with Gasteiger partial charge in [-0.05, 0) is 43.3 Å². The molecule has 19 heavy (non-hydrogen) atoms. The van der Waals surface area contributed by atoms with Gasteiger partial charge in [0, 0.05) is 10.6 Å². The fourth-order valence-electron chi connectivity index (χ4n) is 2.04. The van der Waals surface area contributed by atoms with E-state index in [2.05, 4.69) is 12.2 Å². The molecule has 0 aliphatic rings. The minimum absolute atomic E-state index is 0.0522. The molecule has 1 unspecified atom stereocenters. The van der Waals surface area contributed by atoms with Gasteiger partial charge in [-0.15, -0.1) is 0 Å². The van der Waals surface area contributed by atoms with Crippen LogP contribution in [0.3, 0.4) is 0 Å². The highest BCUT2D eigenvalue weighted by Crippen LogP contribution is 2.32. The predicted molar refractivity (Wildman–Crippen MR) is 76.8 cm³/mol. The number of rotatable bonds is 6. The summed E-state index contributed by atoms with van der Waals surface area (Å²) in [7, 11) is 1.66. The van der Waals surface area contributed by atoms with Crippen LogP contribution >= 0.6 is 11.6 Å². The average Bonchev–Trinajstić information content (AvgIpc) is 2.93. The van der Waals surface area contributed by atoms with Gasteiger partial charge in [0.25, 0.3) is 0 Å². The number of halogens is 1. The molecule has 3 nitrogen and oxygen atoms in total. The van der Waals surface area contributed by atoms with E-state index in [1.54, 1.807) is 13.4 Å². The summed E-state index contributed by atoms with van der Waals surface area (Å²) in [6, 6.07) is 9.39. The van der Waals surface area contributed by atoms with Crippen molar-refractivity contribution in [2.24, 2.45) is 0 Å². The van der Waals surface area contributed by atoms with Gasteiger partial charge in [0.15, 0.2) is 0 Å². The van der Waals surface area contributed by atoms with Crippen molar-refractivity contribution in [2.45, 2.75) is 19.4 Å². The van der Waals surface area contributed by atoms with Gasteiger partial charge < -0.3 is 14.5 Å². The molecule has 0 bridgehead atoms. The molecule has 102 valence electrons. The predicted octanol–water partition coefficient (Wildman–Crippen LogP) is 4.03. The van der Waals surface area contributed by atoms with Gasteiger partial charge in [-0.3, -0.25) is 0 Å². The Labute approximate surface area is 118 Å². The van der Waals surface area contributed by atoms with E-state index < -0.39 is 0 Å². The molecule has 1 aromatic carbocycles. The number of methoxy groups -OCH3 is 1. The lowest BCUT2D eigenvalue weighted by Crippen LogP contribution is -2.23. The fourth-order valence-corrected chi connectivity index (χ4v) is 2.22. The van der Waals surface area contributed by atoms with Crippen LogP contribution in [0.2, 0.25) is 5.02 Å². The molecule has 1 atom stereocenters. The van der Waals surface area contributed by atoms with Gasteiger partial charge in [-0.25, -0.2) is 0 Å². The first-order valence-corrected chi connectivity index (χ1v) is 6.74. The molecule has 2 rings (SSSR count). The van der Waals surface area contributed by atoms with Crippen LogP contribution in [-0.2, 0) is 0 Å². The van der Waals surface area contributed by atoms with E-state index in [4.69, 9.17) is 20.8 Å². The SMILES string of the molecule is CCCNC(c1ccco1)c1cc(Cl)ccc1OC. The monoisotopic (exact) mass is 279 g/mol. The van der Waals surface area contributed by atoms with Gasteiger partial charge in [0.1, 0.15) is 11.5 Å². The second kappa shape index (κ2) is 6.64. The van der Waals surface area contributed by atoms with Crippen molar-refractivity contribution >= 4 is 11.6 Å². The van der Waals surface area contributed by atoms with Crippen LogP contribution in [0.1, 0.15) is 30.7 Å². The van der Waals surface area contributed by atoms with Gasteiger partial charge in [0.2, 0.25) is 0 Å².